The fourth-order valence-electron chi connectivity index (χ4n) is 1.48. The van der Waals surface area contributed by atoms with Gasteiger partial charge in [0.2, 0.25) is 0 Å². The van der Waals surface area contributed by atoms with E-state index in [4.69, 9.17) is 0 Å². The van der Waals surface area contributed by atoms with Crippen molar-refractivity contribution < 1.29 is 15.0 Å². The molecule has 5 heteroatoms. The number of para-hydroxylation sites is 1. The molecule has 2 aromatic carbocycles. The maximum Gasteiger partial charge on any atom is 0.323 e. The van der Waals surface area contributed by atoms with E-state index in [-0.39, 0.29) is 11.5 Å². The second-order valence-corrected chi connectivity index (χ2v) is 3.68. The minimum atomic E-state index is -0.453. The van der Waals surface area contributed by atoms with Crippen LogP contribution in [-0.4, -0.2) is 16.2 Å². The predicted octanol–water partition coefficient (Wildman–Crippen LogP) is 2.74. The van der Waals surface area contributed by atoms with Crippen molar-refractivity contribution in [1.82, 2.24) is 0 Å². The van der Waals surface area contributed by atoms with E-state index in [0.717, 1.165) is 0 Å². The molecule has 0 radical (unpaired) electrons. The molecule has 2 rings (SSSR count). The van der Waals surface area contributed by atoms with E-state index in [1.165, 1.54) is 18.2 Å². The van der Waals surface area contributed by atoms with E-state index in [9.17, 15) is 15.0 Å². The zero-order valence-electron chi connectivity index (χ0n) is 9.42. The molecule has 2 amide bonds. The van der Waals surface area contributed by atoms with Crippen molar-refractivity contribution in [3.63, 3.8) is 0 Å². The van der Waals surface area contributed by atoms with Crippen LogP contribution in [0, 0.1) is 0 Å². The zero-order valence-corrected chi connectivity index (χ0v) is 9.42. The van der Waals surface area contributed by atoms with Gasteiger partial charge in [-0.05, 0) is 12.1 Å². The number of carbonyl (C=O) groups excluding carboxylic acids is 1. The highest BCUT2D eigenvalue weighted by molar-refractivity contribution is 5.99. The SMILES string of the molecule is O=C(Nc1ccccc1)Nc1cc(O)cc(O)c1. The van der Waals surface area contributed by atoms with E-state index in [0.29, 0.717) is 11.4 Å². The monoisotopic (exact) mass is 244 g/mol. The summed E-state index contributed by atoms with van der Waals surface area (Å²) in [5.41, 5.74) is 0.959. The van der Waals surface area contributed by atoms with E-state index < -0.39 is 6.03 Å². The van der Waals surface area contributed by atoms with Gasteiger partial charge in [0.15, 0.2) is 0 Å². The lowest BCUT2D eigenvalue weighted by Crippen LogP contribution is -2.19. The van der Waals surface area contributed by atoms with E-state index >= 15 is 0 Å². The predicted molar refractivity (Wildman–Crippen MR) is 68.9 cm³/mol. The van der Waals surface area contributed by atoms with E-state index in [1.54, 1.807) is 24.3 Å². The summed E-state index contributed by atoms with van der Waals surface area (Å²) < 4.78 is 0. The first-order chi connectivity index (χ1) is 8.63. The van der Waals surface area contributed by atoms with Crippen molar-refractivity contribution in [1.29, 1.82) is 0 Å². The summed E-state index contributed by atoms with van der Waals surface area (Å²) >= 11 is 0. The molecule has 2 aromatic rings. The van der Waals surface area contributed by atoms with Crippen molar-refractivity contribution in [2.24, 2.45) is 0 Å². The van der Waals surface area contributed by atoms with Gasteiger partial charge in [-0.2, -0.15) is 0 Å². The number of aromatic hydroxyl groups is 2. The van der Waals surface area contributed by atoms with Crippen LogP contribution in [0.2, 0.25) is 0 Å². The van der Waals surface area contributed by atoms with Gasteiger partial charge in [0.05, 0.1) is 0 Å². The van der Waals surface area contributed by atoms with Crippen LogP contribution in [0.25, 0.3) is 0 Å². The normalized spacial score (nSPS) is 9.78. The molecule has 0 spiro atoms. The van der Waals surface area contributed by atoms with E-state index in [2.05, 4.69) is 10.6 Å². The van der Waals surface area contributed by atoms with Crippen LogP contribution >= 0.6 is 0 Å². The fourth-order valence-corrected chi connectivity index (χ4v) is 1.48. The van der Waals surface area contributed by atoms with Crippen LogP contribution in [0.5, 0.6) is 11.5 Å². The van der Waals surface area contributed by atoms with Gasteiger partial charge in [-0.15, -0.1) is 0 Å². The first-order valence-electron chi connectivity index (χ1n) is 5.29. The number of anilines is 2. The second-order valence-electron chi connectivity index (χ2n) is 3.68. The average Bonchev–Trinajstić information content (AvgIpc) is 2.28. The number of nitrogens with one attached hydrogen (secondary N) is 2. The van der Waals surface area contributed by atoms with Crippen LogP contribution in [0.3, 0.4) is 0 Å². The Bertz CT molecular complexity index is 535. The van der Waals surface area contributed by atoms with Gasteiger partial charge in [0, 0.05) is 29.6 Å². The Morgan fingerprint density at radius 2 is 1.39 bits per heavy atom. The van der Waals surface area contributed by atoms with Crippen molar-refractivity contribution in [3.8, 4) is 11.5 Å². The molecular weight excluding hydrogens is 232 g/mol. The lowest BCUT2D eigenvalue weighted by molar-refractivity contribution is 0.262. The van der Waals surface area contributed by atoms with Crippen molar-refractivity contribution in [2.75, 3.05) is 10.6 Å². The van der Waals surface area contributed by atoms with Gasteiger partial charge in [-0.25, -0.2) is 4.79 Å². The molecule has 18 heavy (non-hydrogen) atoms. The van der Waals surface area contributed by atoms with Gasteiger partial charge >= 0.3 is 6.03 Å². The topological polar surface area (TPSA) is 81.6 Å². The molecular formula is C13H12N2O3. The number of benzene rings is 2. The highest BCUT2D eigenvalue weighted by atomic mass is 16.3. The smallest absolute Gasteiger partial charge is 0.323 e. The molecule has 0 aliphatic carbocycles. The van der Waals surface area contributed by atoms with Crippen LogP contribution in [-0.2, 0) is 0 Å². The third-order valence-corrected chi connectivity index (χ3v) is 2.19. The molecule has 0 aromatic heterocycles. The van der Waals surface area contributed by atoms with Gasteiger partial charge in [0.25, 0.3) is 0 Å². The van der Waals surface area contributed by atoms with Crippen molar-refractivity contribution in [3.05, 3.63) is 48.5 Å². The summed E-state index contributed by atoms with van der Waals surface area (Å²) in [6.07, 6.45) is 0. The Morgan fingerprint density at radius 3 is 2.00 bits per heavy atom. The van der Waals surface area contributed by atoms with Gasteiger partial charge in [0.1, 0.15) is 11.5 Å². The lowest BCUT2D eigenvalue weighted by atomic mass is 10.3. The maximum absolute atomic E-state index is 11.6. The molecule has 5 nitrogen and oxygen atoms in total. The summed E-state index contributed by atoms with van der Waals surface area (Å²) in [6.45, 7) is 0. The quantitative estimate of drug-likeness (QED) is 0.655. The molecule has 92 valence electrons. The van der Waals surface area contributed by atoms with Gasteiger partial charge < -0.3 is 20.8 Å². The molecule has 0 unspecified atom stereocenters. The molecule has 0 bridgehead atoms. The van der Waals surface area contributed by atoms with Gasteiger partial charge in [-0.3, -0.25) is 0 Å². The second kappa shape index (κ2) is 5.09. The molecule has 0 atom stereocenters. The summed E-state index contributed by atoms with van der Waals surface area (Å²) in [5.74, 6) is -0.241. The maximum atomic E-state index is 11.6. The summed E-state index contributed by atoms with van der Waals surface area (Å²) in [5, 5.41) is 23.6. The number of phenolic OH excluding ortho intramolecular Hbond substituents is 2. The zero-order chi connectivity index (χ0) is 13.0. The van der Waals surface area contributed by atoms with Crippen LogP contribution in [0.15, 0.2) is 48.5 Å². The molecule has 0 saturated carbocycles. The number of phenols is 2. The summed E-state index contributed by atoms with van der Waals surface area (Å²) in [6, 6.07) is 12.3. The van der Waals surface area contributed by atoms with Crippen molar-refractivity contribution >= 4 is 17.4 Å². The van der Waals surface area contributed by atoms with Crippen LogP contribution in [0.4, 0.5) is 16.2 Å². The molecule has 0 saturated heterocycles. The third-order valence-electron chi connectivity index (χ3n) is 2.19. The molecule has 0 aliphatic rings. The fraction of sp³-hybridized carbons (Fsp3) is 0. The minimum Gasteiger partial charge on any atom is -0.508 e. The molecule has 4 N–H and O–H groups in total. The Morgan fingerprint density at radius 1 is 0.833 bits per heavy atom. The number of hydrogen-bond donors (Lipinski definition) is 4. The Hall–Kier alpha value is -2.69. The largest absolute Gasteiger partial charge is 0.508 e. The minimum absolute atomic E-state index is 0.120. The van der Waals surface area contributed by atoms with E-state index in [1.807, 2.05) is 6.07 Å². The first-order valence-corrected chi connectivity index (χ1v) is 5.29. The number of amides is 2. The number of rotatable bonds is 2. The third kappa shape index (κ3) is 3.15. The average molecular weight is 244 g/mol. The lowest BCUT2D eigenvalue weighted by Gasteiger charge is -2.08. The highest BCUT2D eigenvalue weighted by Crippen LogP contribution is 2.23. The molecule has 0 heterocycles. The van der Waals surface area contributed by atoms with Gasteiger partial charge in [-0.1, -0.05) is 18.2 Å². The van der Waals surface area contributed by atoms with Crippen LogP contribution in [0.1, 0.15) is 0 Å². The molecule has 0 fully saturated rings. The number of carbonyl (C=O) groups is 1. The number of urea groups is 1. The Kier molecular flexibility index (Phi) is 3.33. The van der Waals surface area contributed by atoms with Crippen molar-refractivity contribution in [2.45, 2.75) is 0 Å². The highest BCUT2D eigenvalue weighted by Gasteiger charge is 2.04. The number of hydrogen-bond acceptors (Lipinski definition) is 3. The Labute approximate surface area is 104 Å². The summed E-state index contributed by atoms with van der Waals surface area (Å²) in [7, 11) is 0. The first kappa shape index (κ1) is 11.8. The van der Waals surface area contributed by atoms with Crippen LogP contribution < -0.4 is 10.6 Å². The summed E-state index contributed by atoms with van der Waals surface area (Å²) in [4.78, 5) is 11.6. The Balaban J connectivity index is 2.03. The standard InChI is InChI=1S/C13H12N2O3/c16-11-6-10(7-12(17)8-11)15-13(18)14-9-4-2-1-3-5-9/h1-8,16-17H,(H2,14,15,18). The molecule has 0 aliphatic heterocycles.